The number of carbonyl (C=O) groups excluding carboxylic acids is 1. The maximum absolute atomic E-state index is 12.9. The Kier molecular flexibility index (Phi) is 5.32. The van der Waals surface area contributed by atoms with E-state index >= 15 is 0 Å². The summed E-state index contributed by atoms with van der Waals surface area (Å²) < 4.78 is 1.24. The molecule has 3 aliphatic heterocycles. The lowest BCUT2D eigenvalue weighted by Crippen LogP contribution is -2.36. The summed E-state index contributed by atoms with van der Waals surface area (Å²) in [5.74, 6) is 1.61. The van der Waals surface area contributed by atoms with Gasteiger partial charge in [-0.05, 0) is 40.8 Å². The Morgan fingerprint density at radius 1 is 1.31 bits per heavy atom. The van der Waals surface area contributed by atoms with Gasteiger partial charge in [-0.25, -0.2) is 4.98 Å². The highest BCUT2D eigenvalue weighted by atomic mass is 79.9. The van der Waals surface area contributed by atoms with Crippen molar-refractivity contribution in [2.75, 3.05) is 6.54 Å². The summed E-state index contributed by atoms with van der Waals surface area (Å²) in [6.45, 7) is 7.11. The number of fused-ring (bicyclic) bond motifs is 1. The average molecular weight is 454 g/mol. The van der Waals surface area contributed by atoms with Crippen LogP contribution in [0.15, 0.2) is 22.2 Å². The summed E-state index contributed by atoms with van der Waals surface area (Å²) in [4.78, 5) is 24.3. The molecule has 0 saturated carbocycles. The molecule has 1 aromatic rings. The molecule has 1 saturated heterocycles. The first-order chi connectivity index (χ1) is 12.4. The molecule has 4 rings (SSSR count). The van der Waals surface area contributed by atoms with Gasteiger partial charge in [-0.15, -0.1) is 23.5 Å². The third-order valence-electron chi connectivity index (χ3n) is 5.55. The number of aromatic amines is 1. The van der Waals surface area contributed by atoms with Gasteiger partial charge in [0, 0.05) is 31.7 Å². The molecule has 1 fully saturated rings. The molecule has 1 N–H and O–H groups in total. The van der Waals surface area contributed by atoms with Crippen LogP contribution < -0.4 is 0 Å². The molecule has 4 nitrogen and oxygen atoms in total. The van der Waals surface area contributed by atoms with Gasteiger partial charge >= 0.3 is 0 Å². The van der Waals surface area contributed by atoms with Gasteiger partial charge < -0.3 is 9.88 Å². The molecule has 0 aliphatic carbocycles. The van der Waals surface area contributed by atoms with E-state index in [0.29, 0.717) is 16.4 Å². The normalized spacial score (nSPS) is 29.1. The lowest BCUT2D eigenvalue weighted by atomic mass is 9.96. The Hall–Kier alpha value is -0.660. The number of carbonyl (C=O) groups is 1. The maximum atomic E-state index is 12.9. The van der Waals surface area contributed by atoms with Crippen LogP contribution in [0.25, 0.3) is 4.91 Å². The van der Waals surface area contributed by atoms with Crippen molar-refractivity contribution in [2.45, 2.75) is 50.2 Å². The second-order valence-electron chi connectivity index (χ2n) is 7.57. The average Bonchev–Trinajstić information content (AvgIpc) is 3.34. The molecule has 0 aromatic carbocycles. The topological polar surface area (TPSA) is 49.0 Å². The van der Waals surface area contributed by atoms with Crippen molar-refractivity contribution in [3.8, 4) is 0 Å². The van der Waals surface area contributed by atoms with Crippen LogP contribution in [-0.2, 0) is 4.79 Å². The number of hydrogen-bond donors (Lipinski definition) is 1. The van der Waals surface area contributed by atoms with Gasteiger partial charge in [-0.1, -0.05) is 26.8 Å². The number of H-pyrrole nitrogens is 1. The number of aromatic nitrogens is 2. The molecule has 3 aliphatic rings. The maximum Gasteiger partial charge on any atom is 0.226 e. The molecule has 4 atom stereocenters. The molecule has 1 aromatic heterocycles. The van der Waals surface area contributed by atoms with Crippen molar-refractivity contribution >= 4 is 50.3 Å². The van der Waals surface area contributed by atoms with Gasteiger partial charge in [0.15, 0.2) is 0 Å². The first-order valence-corrected chi connectivity index (χ1v) is 11.8. The molecule has 0 bridgehead atoms. The molecule has 140 valence electrons. The quantitative estimate of drug-likeness (QED) is 0.682. The largest absolute Gasteiger partial charge is 0.340 e. The van der Waals surface area contributed by atoms with E-state index in [9.17, 15) is 4.79 Å². The first kappa shape index (κ1) is 18.7. The summed E-state index contributed by atoms with van der Waals surface area (Å²) in [6.07, 6.45) is 8.60. The summed E-state index contributed by atoms with van der Waals surface area (Å²) in [5, 5.41) is 1.01. The highest BCUT2D eigenvalue weighted by molar-refractivity contribution is 9.14. The molecule has 2 unspecified atom stereocenters. The summed E-state index contributed by atoms with van der Waals surface area (Å²) >= 11 is 7.35. The third kappa shape index (κ3) is 3.42. The molecule has 0 radical (unpaired) electrons. The standard InChI is InChI=1S/C19H24BrN3OS2/c1-10(2)11(3)19(24)23-6-4-5-13(23)18-21-9-12(22-18)14-7-15-16(25-14)8-17(20)26-15/h7-11,13,15-16H,4-6H2,1-3H3,(H,21,22)/t11-,13-,15?,16?/m0/s1. The zero-order valence-electron chi connectivity index (χ0n) is 15.2. The Labute approximate surface area is 171 Å². The van der Waals surface area contributed by atoms with Gasteiger partial charge in [0.2, 0.25) is 5.91 Å². The Balaban J connectivity index is 1.49. The predicted molar refractivity (Wildman–Crippen MR) is 114 cm³/mol. The molecular weight excluding hydrogens is 430 g/mol. The van der Waals surface area contributed by atoms with Crippen LogP contribution in [0.5, 0.6) is 0 Å². The summed E-state index contributed by atoms with van der Waals surface area (Å²) in [5.41, 5.74) is 1.08. The molecule has 1 amide bonds. The first-order valence-electron chi connectivity index (χ1n) is 9.22. The Bertz CT molecular complexity index is 773. The van der Waals surface area contributed by atoms with Gasteiger partial charge in [0.1, 0.15) is 5.82 Å². The van der Waals surface area contributed by atoms with Crippen molar-refractivity contribution in [2.24, 2.45) is 11.8 Å². The van der Waals surface area contributed by atoms with Crippen LogP contribution in [0.2, 0.25) is 0 Å². The van der Waals surface area contributed by atoms with E-state index in [1.54, 1.807) is 0 Å². The fourth-order valence-corrected chi connectivity index (χ4v) is 7.35. The number of nitrogens with one attached hydrogen (secondary N) is 1. The molecule has 7 heteroatoms. The Morgan fingerprint density at radius 3 is 2.81 bits per heavy atom. The van der Waals surface area contributed by atoms with Crippen LogP contribution in [0, 0.1) is 11.8 Å². The molecular formula is C19H24BrN3OS2. The number of rotatable bonds is 4. The van der Waals surface area contributed by atoms with E-state index in [1.807, 2.05) is 41.5 Å². The Morgan fingerprint density at radius 2 is 2.08 bits per heavy atom. The number of hydrogen-bond acceptors (Lipinski definition) is 4. The van der Waals surface area contributed by atoms with E-state index in [4.69, 9.17) is 0 Å². The SMILES string of the molecule is CC(C)[C@H](C)C(=O)N1CCC[C@H]1c1ncc(C2=CC3SC(Br)=CC3S2)[nH]1. The van der Waals surface area contributed by atoms with Crippen molar-refractivity contribution in [3.63, 3.8) is 0 Å². The third-order valence-corrected chi connectivity index (χ3v) is 8.92. The molecule has 26 heavy (non-hydrogen) atoms. The van der Waals surface area contributed by atoms with E-state index < -0.39 is 0 Å². The van der Waals surface area contributed by atoms with Gasteiger partial charge in [0.25, 0.3) is 0 Å². The molecule has 0 spiro atoms. The van der Waals surface area contributed by atoms with Crippen molar-refractivity contribution < 1.29 is 4.79 Å². The molecule has 4 heterocycles. The van der Waals surface area contributed by atoms with Crippen molar-refractivity contribution in [1.29, 1.82) is 0 Å². The van der Waals surface area contributed by atoms with Gasteiger partial charge in [0.05, 0.1) is 17.9 Å². The van der Waals surface area contributed by atoms with E-state index in [2.05, 4.69) is 51.9 Å². The smallest absolute Gasteiger partial charge is 0.226 e. The van der Waals surface area contributed by atoms with Crippen LogP contribution in [-0.4, -0.2) is 37.8 Å². The lowest BCUT2D eigenvalue weighted by Gasteiger charge is -2.27. The number of halogens is 1. The van der Waals surface area contributed by atoms with Crippen molar-refractivity contribution in [1.82, 2.24) is 14.9 Å². The monoisotopic (exact) mass is 453 g/mol. The zero-order valence-corrected chi connectivity index (χ0v) is 18.5. The minimum Gasteiger partial charge on any atom is -0.340 e. The van der Waals surface area contributed by atoms with E-state index in [1.165, 1.54) is 8.72 Å². The summed E-state index contributed by atoms with van der Waals surface area (Å²) in [7, 11) is 0. The van der Waals surface area contributed by atoms with Crippen LogP contribution in [0.4, 0.5) is 0 Å². The minimum absolute atomic E-state index is 0.0553. The lowest BCUT2D eigenvalue weighted by molar-refractivity contribution is -0.137. The van der Waals surface area contributed by atoms with Crippen LogP contribution in [0.1, 0.15) is 51.2 Å². The second kappa shape index (κ2) is 7.40. The van der Waals surface area contributed by atoms with Gasteiger partial charge in [-0.2, -0.15) is 0 Å². The zero-order chi connectivity index (χ0) is 18.4. The minimum atomic E-state index is 0.0553. The van der Waals surface area contributed by atoms with Crippen molar-refractivity contribution in [3.05, 3.63) is 33.7 Å². The van der Waals surface area contributed by atoms with E-state index in [-0.39, 0.29) is 17.9 Å². The fourth-order valence-electron chi connectivity index (χ4n) is 3.67. The number of nitrogens with zero attached hydrogens (tertiary/aromatic N) is 2. The van der Waals surface area contributed by atoms with Crippen LogP contribution in [0.3, 0.4) is 0 Å². The predicted octanol–water partition coefficient (Wildman–Crippen LogP) is 5.17. The highest BCUT2D eigenvalue weighted by Crippen LogP contribution is 2.51. The fraction of sp³-hybridized carbons (Fsp3) is 0.579. The number of likely N-dealkylation sites (tertiary alicyclic amines) is 1. The second-order valence-corrected chi connectivity index (χ2v) is 11.4. The highest BCUT2D eigenvalue weighted by Gasteiger charge is 2.36. The van der Waals surface area contributed by atoms with Crippen LogP contribution >= 0.6 is 39.5 Å². The number of amides is 1. The van der Waals surface area contributed by atoms with Gasteiger partial charge in [-0.3, -0.25) is 4.79 Å². The number of thioether (sulfide) groups is 2. The van der Waals surface area contributed by atoms with E-state index in [0.717, 1.165) is 30.9 Å². The number of imidazole rings is 1. The summed E-state index contributed by atoms with van der Waals surface area (Å²) in [6, 6.07) is 0.0902.